The molecule has 5 heteroatoms. The summed E-state index contributed by atoms with van der Waals surface area (Å²) in [6, 6.07) is 5.88. The van der Waals surface area contributed by atoms with Crippen LogP contribution in [-0.2, 0) is 9.59 Å². The van der Waals surface area contributed by atoms with Crippen LogP contribution in [0.4, 0.5) is 5.69 Å². The number of nitrogens with one attached hydrogen (secondary N) is 2. The Morgan fingerprint density at radius 3 is 2.41 bits per heavy atom. The number of anilines is 1. The zero-order valence-corrected chi connectivity index (χ0v) is 15.5. The maximum atomic E-state index is 11.9. The predicted molar refractivity (Wildman–Crippen MR) is 94.3 cm³/mol. The minimum Gasteiger partial charge on any atom is -0.355 e. The number of hydrogen-bond donors (Lipinski definition) is 2. The summed E-state index contributed by atoms with van der Waals surface area (Å²) in [5, 5.41) is 5.65. The lowest BCUT2D eigenvalue weighted by Crippen LogP contribution is -2.39. The number of benzene rings is 1. The fourth-order valence-electron chi connectivity index (χ4n) is 1.95. The third-order valence-electron chi connectivity index (χ3n) is 3.30. The molecule has 1 unspecified atom stereocenters. The van der Waals surface area contributed by atoms with Crippen LogP contribution in [0, 0.1) is 19.3 Å². The van der Waals surface area contributed by atoms with Gasteiger partial charge >= 0.3 is 0 Å². The van der Waals surface area contributed by atoms with Crippen molar-refractivity contribution < 1.29 is 9.59 Å². The molecule has 0 heterocycles. The smallest absolute Gasteiger partial charge is 0.234 e. The van der Waals surface area contributed by atoms with Crippen LogP contribution in [0.1, 0.15) is 38.3 Å². The molecule has 2 N–H and O–H groups in total. The summed E-state index contributed by atoms with van der Waals surface area (Å²) in [5.41, 5.74) is 2.85. The average molecular weight is 369 g/mol. The SMILES string of the molecule is Cc1ccc(NC(=O)CCNC(=O)C(Br)C(C)(C)C)c(C)c1. The molecule has 2 amide bonds. The van der Waals surface area contributed by atoms with Crippen molar-refractivity contribution in [2.75, 3.05) is 11.9 Å². The molecule has 122 valence electrons. The van der Waals surface area contributed by atoms with Gasteiger partial charge in [-0.1, -0.05) is 54.4 Å². The first kappa shape index (κ1) is 18.7. The molecule has 1 aromatic rings. The first-order chi connectivity index (χ1) is 10.1. The first-order valence-electron chi connectivity index (χ1n) is 7.40. The summed E-state index contributed by atoms with van der Waals surface area (Å²) in [6.45, 7) is 10.3. The number of carbonyl (C=O) groups excluding carboxylic acids is 2. The van der Waals surface area contributed by atoms with E-state index in [1.54, 1.807) is 0 Å². The third kappa shape index (κ3) is 5.79. The van der Waals surface area contributed by atoms with Crippen LogP contribution in [0.25, 0.3) is 0 Å². The van der Waals surface area contributed by atoms with Gasteiger partial charge in [-0.3, -0.25) is 9.59 Å². The zero-order valence-electron chi connectivity index (χ0n) is 13.9. The lowest BCUT2D eigenvalue weighted by atomic mass is 9.92. The zero-order chi connectivity index (χ0) is 16.9. The van der Waals surface area contributed by atoms with E-state index in [9.17, 15) is 9.59 Å². The van der Waals surface area contributed by atoms with Crippen LogP contribution in [0.5, 0.6) is 0 Å². The number of alkyl halides is 1. The molecule has 0 bridgehead atoms. The number of carbonyl (C=O) groups is 2. The highest BCUT2D eigenvalue weighted by atomic mass is 79.9. The van der Waals surface area contributed by atoms with Crippen molar-refractivity contribution in [3.8, 4) is 0 Å². The van der Waals surface area contributed by atoms with E-state index in [2.05, 4.69) is 26.6 Å². The van der Waals surface area contributed by atoms with Gasteiger partial charge in [0.25, 0.3) is 0 Å². The minimum atomic E-state index is -0.276. The second-order valence-corrected chi connectivity index (χ2v) is 7.55. The second-order valence-electron chi connectivity index (χ2n) is 6.64. The van der Waals surface area contributed by atoms with Gasteiger partial charge < -0.3 is 10.6 Å². The molecule has 0 spiro atoms. The molecule has 22 heavy (non-hydrogen) atoms. The van der Waals surface area contributed by atoms with Crippen LogP contribution >= 0.6 is 15.9 Å². The van der Waals surface area contributed by atoms with Gasteiger partial charge in [0.15, 0.2) is 0 Å². The van der Waals surface area contributed by atoms with Gasteiger partial charge in [0.2, 0.25) is 11.8 Å². The molecule has 0 aliphatic carbocycles. The van der Waals surface area contributed by atoms with E-state index in [4.69, 9.17) is 0 Å². The highest BCUT2D eigenvalue weighted by molar-refractivity contribution is 9.10. The Labute approximate surface area is 141 Å². The summed E-state index contributed by atoms with van der Waals surface area (Å²) in [4.78, 5) is 23.6. The van der Waals surface area contributed by atoms with E-state index < -0.39 is 0 Å². The first-order valence-corrected chi connectivity index (χ1v) is 8.31. The van der Waals surface area contributed by atoms with E-state index in [1.165, 1.54) is 0 Å². The Morgan fingerprint density at radius 1 is 1.23 bits per heavy atom. The summed E-state index contributed by atoms with van der Waals surface area (Å²) < 4.78 is 0. The van der Waals surface area contributed by atoms with Gasteiger partial charge in [-0.05, 0) is 30.9 Å². The van der Waals surface area contributed by atoms with Gasteiger partial charge in [0, 0.05) is 18.7 Å². The minimum absolute atomic E-state index is 0.0909. The normalized spacial score (nSPS) is 12.6. The summed E-state index contributed by atoms with van der Waals surface area (Å²) in [5.74, 6) is -0.194. The van der Waals surface area contributed by atoms with E-state index >= 15 is 0 Å². The number of rotatable bonds is 5. The van der Waals surface area contributed by atoms with Gasteiger partial charge in [-0.25, -0.2) is 0 Å². The Morgan fingerprint density at radius 2 is 1.86 bits per heavy atom. The lowest BCUT2D eigenvalue weighted by Gasteiger charge is -2.24. The van der Waals surface area contributed by atoms with Gasteiger partial charge in [0.1, 0.15) is 0 Å². The Bertz CT molecular complexity index is 550. The maximum Gasteiger partial charge on any atom is 0.234 e. The Balaban J connectivity index is 2.42. The molecular formula is C17H25BrN2O2. The summed E-state index contributed by atoms with van der Waals surface area (Å²) in [6.07, 6.45) is 0.253. The monoisotopic (exact) mass is 368 g/mol. The molecule has 1 rings (SSSR count). The van der Waals surface area contributed by atoms with Crippen molar-refractivity contribution in [3.05, 3.63) is 29.3 Å². The van der Waals surface area contributed by atoms with E-state index in [-0.39, 0.29) is 28.5 Å². The second kappa shape index (κ2) is 7.77. The van der Waals surface area contributed by atoms with Crippen LogP contribution < -0.4 is 10.6 Å². The molecule has 0 aromatic heterocycles. The van der Waals surface area contributed by atoms with Crippen molar-refractivity contribution in [1.29, 1.82) is 0 Å². The molecule has 4 nitrogen and oxygen atoms in total. The quantitative estimate of drug-likeness (QED) is 0.780. The molecule has 1 atom stereocenters. The Kier molecular flexibility index (Phi) is 6.60. The van der Waals surface area contributed by atoms with Crippen molar-refractivity contribution >= 4 is 33.4 Å². The molecule has 0 saturated heterocycles. The molecule has 0 radical (unpaired) electrons. The number of aryl methyl sites for hydroxylation is 2. The molecule has 0 aliphatic heterocycles. The number of halogens is 1. The molecule has 0 saturated carbocycles. The predicted octanol–water partition coefficient (Wildman–Crippen LogP) is 3.56. The van der Waals surface area contributed by atoms with Crippen molar-refractivity contribution in [1.82, 2.24) is 5.32 Å². The summed E-state index contributed by atoms with van der Waals surface area (Å²) in [7, 11) is 0. The highest BCUT2D eigenvalue weighted by Gasteiger charge is 2.28. The van der Waals surface area contributed by atoms with Crippen LogP contribution in [0.15, 0.2) is 18.2 Å². The standard InChI is InChI=1S/C17H25BrN2O2/c1-11-6-7-13(12(2)10-11)20-14(21)8-9-19-16(22)15(18)17(3,4)5/h6-7,10,15H,8-9H2,1-5H3,(H,19,22)(H,20,21). The fourth-order valence-corrected chi connectivity index (χ4v) is 2.11. The number of hydrogen-bond acceptors (Lipinski definition) is 2. The van der Waals surface area contributed by atoms with E-state index in [0.717, 1.165) is 16.8 Å². The fraction of sp³-hybridized carbons (Fsp3) is 0.529. The summed E-state index contributed by atoms with van der Waals surface area (Å²) >= 11 is 3.39. The van der Waals surface area contributed by atoms with E-state index in [0.29, 0.717) is 6.54 Å². The lowest BCUT2D eigenvalue weighted by molar-refractivity contribution is -0.122. The Hall–Kier alpha value is -1.36. The maximum absolute atomic E-state index is 11.9. The largest absolute Gasteiger partial charge is 0.355 e. The van der Waals surface area contributed by atoms with Gasteiger partial charge in [-0.2, -0.15) is 0 Å². The van der Waals surface area contributed by atoms with Crippen LogP contribution in [0.2, 0.25) is 0 Å². The van der Waals surface area contributed by atoms with E-state index in [1.807, 2.05) is 52.8 Å². The van der Waals surface area contributed by atoms with Gasteiger partial charge in [0.05, 0.1) is 4.83 Å². The van der Waals surface area contributed by atoms with Crippen LogP contribution in [0.3, 0.4) is 0 Å². The molecule has 1 aromatic carbocycles. The van der Waals surface area contributed by atoms with Crippen molar-refractivity contribution in [3.63, 3.8) is 0 Å². The van der Waals surface area contributed by atoms with Crippen molar-refractivity contribution in [2.45, 2.75) is 45.9 Å². The van der Waals surface area contributed by atoms with Crippen LogP contribution in [-0.4, -0.2) is 23.2 Å². The number of amides is 2. The highest BCUT2D eigenvalue weighted by Crippen LogP contribution is 2.25. The molecular weight excluding hydrogens is 344 g/mol. The average Bonchev–Trinajstić information content (AvgIpc) is 2.40. The molecule has 0 aliphatic rings. The van der Waals surface area contributed by atoms with Gasteiger partial charge in [-0.15, -0.1) is 0 Å². The molecule has 0 fully saturated rings. The van der Waals surface area contributed by atoms with Crippen molar-refractivity contribution in [2.24, 2.45) is 5.41 Å². The third-order valence-corrected chi connectivity index (χ3v) is 5.09. The topological polar surface area (TPSA) is 58.2 Å².